The number of hydrogen-bond acceptors (Lipinski definition) is 6. The predicted octanol–water partition coefficient (Wildman–Crippen LogP) is 2.44. The minimum absolute atomic E-state index is 0.0541. The molecule has 0 bridgehead atoms. The first-order chi connectivity index (χ1) is 11.6. The van der Waals surface area contributed by atoms with Crippen LogP contribution < -0.4 is 14.8 Å². The van der Waals surface area contributed by atoms with Crippen molar-refractivity contribution in [3.8, 4) is 11.5 Å². The number of para-hydroxylation sites is 1. The van der Waals surface area contributed by atoms with E-state index in [0.717, 1.165) is 0 Å². The summed E-state index contributed by atoms with van der Waals surface area (Å²) in [7, 11) is 3.07. The minimum Gasteiger partial charge on any atom is -0.497 e. The van der Waals surface area contributed by atoms with E-state index in [1.54, 1.807) is 43.5 Å². The summed E-state index contributed by atoms with van der Waals surface area (Å²) in [4.78, 5) is 10.6. The fraction of sp³-hybridized carbons (Fsp3) is 0.294. The van der Waals surface area contributed by atoms with Crippen molar-refractivity contribution < 1.29 is 19.5 Å². The second-order valence-electron chi connectivity index (χ2n) is 5.14. The lowest BCUT2D eigenvalue weighted by Gasteiger charge is -2.16. The third kappa shape index (κ3) is 4.21. The molecule has 0 saturated carbocycles. The zero-order valence-corrected chi connectivity index (χ0v) is 13.6. The van der Waals surface area contributed by atoms with E-state index in [1.165, 1.54) is 13.2 Å². The summed E-state index contributed by atoms with van der Waals surface area (Å²) >= 11 is 0. The Kier molecular flexibility index (Phi) is 6.11. The van der Waals surface area contributed by atoms with Crippen molar-refractivity contribution >= 4 is 5.69 Å². The number of benzene rings is 2. The van der Waals surface area contributed by atoms with E-state index >= 15 is 0 Å². The Morgan fingerprint density at radius 3 is 2.62 bits per heavy atom. The average molecular weight is 332 g/mol. The van der Waals surface area contributed by atoms with Gasteiger partial charge >= 0.3 is 0 Å². The van der Waals surface area contributed by atoms with Gasteiger partial charge in [-0.15, -0.1) is 0 Å². The summed E-state index contributed by atoms with van der Waals surface area (Å²) in [6.07, 6.45) is -0.835. The van der Waals surface area contributed by atoms with Crippen LogP contribution in [0.2, 0.25) is 0 Å². The van der Waals surface area contributed by atoms with E-state index in [1.807, 2.05) is 0 Å². The van der Waals surface area contributed by atoms with E-state index in [4.69, 9.17) is 9.47 Å². The van der Waals surface area contributed by atoms with Gasteiger partial charge in [0.2, 0.25) is 0 Å². The number of rotatable bonds is 8. The standard InChI is InChI=1S/C17H20N2O5/c1-23-13-7-8-17(24-2)14(9-13)16(20)11-18-10-12-5-3-4-6-15(12)19(21)22/h3-9,16,18,20H,10-11H2,1-2H3. The Hall–Kier alpha value is -2.64. The van der Waals surface area contributed by atoms with Gasteiger partial charge in [-0.25, -0.2) is 0 Å². The molecular weight excluding hydrogens is 312 g/mol. The molecule has 24 heavy (non-hydrogen) atoms. The minimum atomic E-state index is -0.835. The van der Waals surface area contributed by atoms with Crippen molar-refractivity contribution in [1.29, 1.82) is 0 Å². The average Bonchev–Trinajstić information content (AvgIpc) is 2.61. The van der Waals surface area contributed by atoms with Gasteiger partial charge in [0.15, 0.2) is 0 Å². The maximum atomic E-state index is 11.0. The van der Waals surface area contributed by atoms with Crippen LogP contribution in [0.5, 0.6) is 11.5 Å². The maximum Gasteiger partial charge on any atom is 0.273 e. The Balaban J connectivity index is 2.04. The van der Waals surface area contributed by atoms with Crippen LogP contribution in [0.25, 0.3) is 0 Å². The molecule has 128 valence electrons. The van der Waals surface area contributed by atoms with Gasteiger partial charge in [-0.2, -0.15) is 0 Å². The second kappa shape index (κ2) is 8.28. The van der Waals surface area contributed by atoms with Crippen molar-refractivity contribution in [2.24, 2.45) is 0 Å². The van der Waals surface area contributed by atoms with E-state index in [2.05, 4.69) is 5.32 Å². The predicted molar refractivity (Wildman–Crippen MR) is 89.3 cm³/mol. The summed E-state index contributed by atoms with van der Waals surface area (Å²) in [5, 5.41) is 24.4. The summed E-state index contributed by atoms with van der Waals surface area (Å²) in [6, 6.07) is 11.7. The molecule has 2 rings (SSSR count). The van der Waals surface area contributed by atoms with Crippen molar-refractivity contribution in [3.05, 3.63) is 63.7 Å². The van der Waals surface area contributed by atoms with Crippen LogP contribution in [0.4, 0.5) is 5.69 Å². The molecule has 0 radical (unpaired) electrons. The summed E-state index contributed by atoms with van der Waals surface area (Å²) < 4.78 is 10.4. The molecule has 0 aliphatic heterocycles. The van der Waals surface area contributed by atoms with Crippen LogP contribution in [0.3, 0.4) is 0 Å². The van der Waals surface area contributed by atoms with Crippen LogP contribution in [0.15, 0.2) is 42.5 Å². The van der Waals surface area contributed by atoms with Gasteiger partial charge in [0.05, 0.1) is 25.2 Å². The van der Waals surface area contributed by atoms with Gasteiger partial charge in [0.1, 0.15) is 11.5 Å². The molecule has 1 atom stereocenters. The SMILES string of the molecule is COc1ccc(OC)c(C(O)CNCc2ccccc2[N+](=O)[O-])c1. The summed E-state index contributed by atoms with van der Waals surface area (Å²) in [6.45, 7) is 0.496. The van der Waals surface area contributed by atoms with Crippen molar-refractivity contribution in [1.82, 2.24) is 5.32 Å². The number of aliphatic hydroxyl groups excluding tert-OH is 1. The second-order valence-corrected chi connectivity index (χ2v) is 5.14. The van der Waals surface area contributed by atoms with Crippen molar-refractivity contribution in [2.75, 3.05) is 20.8 Å². The molecule has 0 aliphatic rings. The van der Waals surface area contributed by atoms with Crippen LogP contribution in [0.1, 0.15) is 17.2 Å². The van der Waals surface area contributed by atoms with Crippen LogP contribution in [-0.4, -0.2) is 30.8 Å². The highest BCUT2D eigenvalue weighted by Gasteiger charge is 2.16. The molecule has 0 fully saturated rings. The Labute approximate surface area is 140 Å². The number of nitro benzene ring substituents is 1. The van der Waals surface area contributed by atoms with Gasteiger partial charge < -0.3 is 19.9 Å². The Bertz CT molecular complexity index is 705. The number of ether oxygens (including phenoxy) is 2. The molecule has 7 heteroatoms. The number of nitrogens with one attached hydrogen (secondary N) is 1. The molecule has 2 aromatic rings. The number of methoxy groups -OCH3 is 2. The van der Waals surface area contributed by atoms with Gasteiger partial charge in [-0.3, -0.25) is 10.1 Å². The number of nitro groups is 1. The smallest absolute Gasteiger partial charge is 0.273 e. The lowest BCUT2D eigenvalue weighted by atomic mass is 10.1. The van der Waals surface area contributed by atoms with Crippen LogP contribution in [0, 0.1) is 10.1 Å². The fourth-order valence-electron chi connectivity index (χ4n) is 2.39. The summed E-state index contributed by atoms with van der Waals surface area (Å²) in [5.41, 5.74) is 1.21. The van der Waals surface area contributed by atoms with Gasteiger partial charge in [-0.05, 0) is 18.2 Å². The van der Waals surface area contributed by atoms with Crippen molar-refractivity contribution in [2.45, 2.75) is 12.6 Å². The Morgan fingerprint density at radius 1 is 1.21 bits per heavy atom. The van der Waals surface area contributed by atoms with Gasteiger partial charge in [0, 0.05) is 30.3 Å². The highest BCUT2D eigenvalue weighted by atomic mass is 16.6. The highest BCUT2D eigenvalue weighted by Crippen LogP contribution is 2.29. The molecule has 0 aliphatic carbocycles. The van der Waals surface area contributed by atoms with E-state index < -0.39 is 11.0 Å². The van der Waals surface area contributed by atoms with Crippen molar-refractivity contribution in [3.63, 3.8) is 0 Å². The monoisotopic (exact) mass is 332 g/mol. The topological polar surface area (TPSA) is 93.9 Å². The zero-order chi connectivity index (χ0) is 17.5. The zero-order valence-electron chi connectivity index (χ0n) is 13.6. The Morgan fingerprint density at radius 2 is 1.96 bits per heavy atom. The third-order valence-corrected chi connectivity index (χ3v) is 3.64. The molecule has 0 spiro atoms. The molecule has 7 nitrogen and oxygen atoms in total. The molecule has 0 amide bonds. The number of nitrogens with zero attached hydrogens (tertiary/aromatic N) is 1. The largest absolute Gasteiger partial charge is 0.497 e. The first kappa shape index (κ1) is 17.7. The first-order valence-electron chi connectivity index (χ1n) is 7.39. The fourth-order valence-corrected chi connectivity index (χ4v) is 2.39. The molecule has 1 unspecified atom stereocenters. The lowest BCUT2D eigenvalue weighted by molar-refractivity contribution is -0.385. The molecule has 2 N–H and O–H groups in total. The maximum absolute atomic E-state index is 11.0. The quantitative estimate of drug-likeness (QED) is 0.569. The van der Waals surface area contributed by atoms with Crippen LogP contribution in [-0.2, 0) is 6.54 Å². The number of hydrogen-bond donors (Lipinski definition) is 2. The van der Waals surface area contributed by atoms with E-state index in [-0.39, 0.29) is 18.8 Å². The van der Waals surface area contributed by atoms with E-state index in [9.17, 15) is 15.2 Å². The highest BCUT2D eigenvalue weighted by molar-refractivity contribution is 5.42. The van der Waals surface area contributed by atoms with Gasteiger partial charge in [0.25, 0.3) is 5.69 Å². The molecule has 0 heterocycles. The molecule has 2 aromatic carbocycles. The molecular formula is C17H20N2O5. The number of aliphatic hydroxyl groups is 1. The summed E-state index contributed by atoms with van der Waals surface area (Å²) in [5.74, 6) is 1.17. The lowest BCUT2D eigenvalue weighted by Crippen LogP contribution is -2.22. The normalized spacial score (nSPS) is 11.8. The van der Waals surface area contributed by atoms with Gasteiger partial charge in [-0.1, -0.05) is 18.2 Å². The van der Waals surface area contributed by atoms with E-state index in [0.29, 0.717) is 22.6 Å². The molecule has 0 saturated heterocycles. The first-order valence-corrected chi connectivity index (χ1v) is 7.39. The third-order valence-electron chi connectivity index (χ3n) is 3.64. The van der Waals surface area contributed by atoms with Crippen LogP contribution >= 0.6 is 0 Å². The molecule has 0 aromatic heterocycles.